The molecule has 1 aliphatic rings. The standard InChI is InChI=1S/C18H25N3O5/c1-5-26-16(23)15(22)12-11-19-14(21-6-8-25-9-7-21)10-13(12)20-17(24)18(2,3)4/h10-11H,5-9H2,1-4H3,(H,19,20,24). The van der Waals surface area contributed by atoms with Crippen LogP contribution in [-0.2, 0) is 19.1 Å². The molecule has 1 fully saturated rings. The number of pyridine rings is 1. The normalized spacial score (nSPS) is 14.7. The van der Waals surface area contributed by atoms with Crippen molar-refractivity contribution in [1.82, 2.24) is 4.98 Å². The molecule has 0 saturated carbocycles. The number of ether oxygens (including phenoxy) is 2. The van der Waals surface area contributed by atoms with E-state index in [1.165, 1.54) is 6.20 Å². The summed E-state index contributed by atoms with van der Waals surface area (Å²) < 4.78 is 10.1. The van der Waals surface area contributed by atoms with E-state index in [4.69, 9.17) is 9.47 Å². The highest BCUT2D eigenvalue weighted by atomic mass is 16.5. The number of hydrogen-bond donors (Lipinski definition) is 1. The van der Waals surface area contributed by atoms with Crippen molar-refractivity contribution in [1.29, 1.82) is 0 Å². The van der Waals surface area contributed by atoms with Crippen LogP contribution < -0.4 is 10.2 Å². The molecule has 8 heteroatoms. The number of aromatic nitrogens is 1. The Labute approximate surface area is 152 Å². The number of carbonyl (C=O) groups excluding carboxylic acids is 3. The second-order valence-electron chi connectivity index (χ2n) is 6.94. The summed E-state index contributed by atoms with van der Waals surface area (Å²) in [5, 5.41) is 2.74. The first-order chi connectivity index (χ1) is 12.2. The fourth-order valence-corrected chi connectivity index (χ4v) is 2.31. The largest absolute Gasteiger partial charge is 0.460 e. The number of amides is 1. The molecule has 0 unspecified atom stereocenters. The molecule has 142 valence electrons. The number of hydrogen-bond acceptors (Lipinski definition) is 7. The summed E-state index contributed by atoms with van der Waals surface area (Å²) in [6.07, 6.45) is 1.31. The Bertz CT molecular complexity index is 691. The van der Waals surface area contributed by atoms with E-state index in [-0.39, 0.29) is 23.8 Å². The van der Waals surface area contributed by atoms with Gasteiger partial charge in [-0.25, -0.2) is 9.78 Å². The number of Topliss-reactive ketones (excluding diaryl/α,β-unsaturated/α-hetero) is 1. The van der Waals surface area contributed by atoms with E-state index >= 15 is 0 Å². The minimum atomic E-state index is -0.973. The molecular formula is C18H25N3O5. The van der Waals surface area contributed by atoms with Crippen molar-refractivity contribution in [3.8, 4) is 0 Å². The van der Waals surface area contributed by atoms with Crippen LogP contribution in [0.5, 0.6) is 0 Å². The van der Waals surface area contributed by atoms with Gasteiger partial charge in [-0.2, -0.15) is 0 Å². The summed E-state index contributed by atoms with van der Waals surface area (Å²) in [5.74, 6) is -1.47. The monoisotopic (exact) mass is 363 g/mol. The molecule has 2 rings (SSSR count). The van der Waals surface area contributed by atoms with Crippen LogP contribution >= 0.6 is 0 Å². The molecule has 8 nitrogen and oxygen atoms in total. The van der Waals surface area contributed by atoms with Gasteiger partial charge in [0.1, 0.15) is 5.82 Å². The Morgan fingerprint density at radius 1 is 1.27 bits per heavy atom. The maximum Gasteiger partial charge on any atom is 0.379 e. The molecule has 0 bridgehead atoms. The van der Waals surface area contributed by atoms with Gasteiger partial charge in [0.05, 0.1) is 31.1 Å². The maximum atomic E-state index is 12.4. The molecule has 0 spiro atoms. The molecule has 1 aliphatic heterocycles. The van der Waals surface area contributed by atoms with E-state index in [9.17, 15) is 14.4 Å². The van der Waals surface area contributed by atoms with E-state index < -0.39 is 17.2 Å². The number of nitrogens with one attached hydrogen (secondary N) is 1. The highest BCUT2D eigenvalue weighted by Crippen LogP contribution is 2.25. The number of ketones is 1. The van der Waals surface area contributed by atoms with Crippen molar-refractivity contribution >= 4 is 29.2 Å². The molecule has 1 aromatic rings. The summed E-state index contributed by atoms with van der Waals surface area (Å²) in [7, 11) is 0. The summed E-state index contributed by atoms with van der Waals surface area (Å²) in [6.45, 7) is 9.47. The molecule has 1 saturated heterocycles. The summed E-state index contributed by atoms with van der Waals surface area (Å²) in [5.41, 5.74) is -0.398. The topological polar surface area (TPSA) is 97.8 Å². The average Bonchev–Trinajstić information content (AvgIpc) is 2.61. The smallest absolute Gasteiger partial charge is 0.379 e. The zero-order valence-corrected chi connectivity index (χ0v) is 15.6. The maximum absolute atomic E-state index is 12.4. The van der Waals surface area contributed by atoms with Gasteiger partial charge in [-0.3, -0.25) is 9.59 Å². The molecule has 26 heavy (non-hydrogen) atoms. The fraction of sp³-hybridized carbons (Fsp3) is 0.556. The van der Waals surface area contributed by atoms with Crippen molar-refractivity contribution in [2.75, 3.05) is 43.1 Å². The lowest BCUT2D eigenvalue weighted by Crippen LogP contribution is -2.37. The van der Waals surface area contributed by atoms with Crippen LogP contribution in [0.3, 0.4) is 0 Å². The zero-order valence-electron chi connectivity index (χ0n) is 15.6. The Balaban J connectivity index is 2.37. The first-order valence-electron chi connectivity index (χ1n) is 8.59. The van der Waals surface area contributed by atoms with Crippen LogP contribution in [0.2, 0.25) is 0 Å². The molecule has 0 radical (unpaired) electrons. The van der Waals surface area contributed by atoms with E-state index in [1.54, 1.807) is 33.8 Å². The Kier molecular flexibility index (Phi) is 6.31. The van der Waals surface area contributed by atoms with Gasteiger partial charge >= 0.3 is 5.97 Å². The first-order valence-corrected chi connectivity index (χ1v) is 8.59. The van der Waals surface area contributed by atoms with Crippen LogP contribution in [0, 0.1) is 5.41 Å². The number of nitrogens with zero attached hydrogens (tertiary/aromatic N) is 2. The van der Waals surface area contributed by atoms with Crippen molar-refractivity contribution < 1.29 is 23.9 Å². The lowest BCUT2D eigenvalue weighted by molar-refractivity contribution is -0.137. The number of anilines is 2. The predicted molar refractivity (Wildman–Crippen MR) is 96.3 cm³/mol. The van der Waals surface area contributed by atoms with E-state index in [2.05, 4.69) is 10.3 Å². The van der Waals surface area contributed by atoms with Crippen molar-refractivity contribution in [2.24, 2.45) is 5.41 Å². The third-order valence-electron chi connectivity index (χ3n) is 3.86. The third-order valence-corrected chi connectivity index (χ3v) is 3.86. The van der Waals surface area contributed by atoms with Crippen LogP contribution in [-0.4, -0.2) is 55.6 Å². The Morgan fingerprint density at radius 3 is 2.50 bits per heavy atom. The minimum absolute atomic E-state index is 0.0121. The first kappa shape index (κ1) is 19.8. The Hall–Kier alpha value is -2.48. The summed E-state index contributed by atoms with van der Waals surface area (Å²) >= 11 is 0. The summed E-state index contributed by atoms with van der Waals surface area (Å²) in [4.78, 5) is 42.9. The molecule has 0 aliphatic carbocycles. The van der Waals surface area contributed by atoms with Crippen LogP contribution in [0.4, 0.5) is 11.5 Å². The fourth-order valence-electron chi connectivity index (χ4n) is 2.31. The van der Waals surface area contributed by atoms with E-state index in [0.717, 1.165) is 0 Å². The van der Waals surface area contributed by atoms with Crippen molar-refractivity contribution in [3.63, 3.8) is 0 Å². The molecule has 0 atom stereocenters. The second-order valence-corrected chi connectivity index (χ2v) is 6.94. The lowest BCUT2D eigenvalue weighted by atomic mass is 9.95. The Morgan fingerprint density at radius 2 is 1.92 bits per heavy atom. The second kappa shape index (κ2) is 8.27. The highest BCUT2D eigenvalue weighted by molar-refractivity contribution is 6.42. The molecule has 1 amide bonds. The SMILES string of the molecule is CCOC(=O)C(=O)c1cnc(N2CCOCC2)cc1NC(=O)C(C)(C)C. The number of rotatable bonds is 5. The van der Waals surface area contributed by atoms with Crippen molar-refractivity contribution in [2.45, 2.75) is 27.7 Å². The zero-order chi connectivity index (χ0) is 19.3. The van der Waals surface area contributed by atoms with Gasteiger partial charge in [0, 0.05) is 30.8 Å². The molecule has 1 aromatic heterocycles. The van der Waals surface area contributed by atoms with Crippen LogP contribution in [0.15, 0.2) is 12.3 Å². The molecule has 1 N–H and O–H groups in total. The highest BCUT2D eigenvalue weighted by Gasteiger charge is 2.27. The van der Waals surface area contributed by atoms with Gasteiger partial charge in [-0.15, -0.1) is 0 Å². The predicted octanol–water partition coefficient (Wildman–Crippen LogP) is 1.65. The third kappa shape index (κ3) is 4.78. The number of esters is 1. The molecule has 0 aromatic carbocycles. The van der Waals surface area contributed by atoms with Gasteiger partial charge in [0.25, 0.3) is 5.78 Å². The molecule has 2 heterocycles. The lowest BCUT2D eigenvalue weighted by Gasteiger charge is -2.28. The van der Waals surface area contributed by atoms with Gasteiger partial charge in [-0.1, -0.05) is 20.8 Å². The minimum Gasteiger partial charge on any atom is -0.460 e. The molecular weight excluding hydrogens is 338 g/mol. The average molecular weight is 363 g/mol. The van der Waals surface area contributed by atoms with E-state index in [1.807, 2.05) is 4.90 Å². The summed E-state index contributed by atoms with van der Waals surface area (Å²) in [6, 6.07) is 1.61. The quantitative estimate of drug-likeness (QED) is 0.482. The van der Waals surface area contributed by atoms with Crippen LogP contribution in [0.25, 0.3) is 0 Å². The van der Waals surface area contributed by atoms with Crippen LogP contribution in [0.1, 0.15) is 38.1 Å². The van der Waals surface area contributed by atoms with E-state index in [0.29, 0.717) is 32.1 Å². The van der Waals surface area contributed by atoms with Crippen molar-refractivity contribution in [3.05, 3.63) is 17.8 Å². The number of carbonyl (C=O) groups is 3. The van der Waals surface area contributed by atoms with Gasteiger partial charge < -0.3 is 19.7 Å². The van der Waals surface area contributed by atoms with Gasteiger partial charge in [-0.05, 0) is 6.92 Å². The number of morpholine rings is 1. The van der Waals surface area contributed by atoms with Gasteiger partial charge in [0.2, 0.25) is 5.91 Å². The van der Waals surface area contributed by atoms with Gasteiger partial charge in [0.15, 0.2) is 0 Å².